The third-order valence-corrected chi connectivity index (χ3v) is 2.32. The molecule has 2 aromatic rings. The minimum Gasteiger partial charge on any atom is -0.371 e. The number of aromatic nitrogens is 2. The molecule has 2 rings (SSSR count). The lowest BCUT2D eigenvalue weighted by Gasteiger charge is -2.06. The summed E-state index contributed by atoms with van der Waals surface area (Å²) in [5, 5.41) is 14.3. The summed E-state index contributed by atoms with van der Waals surface area (Å²) in [7, 11) is 3.56. The molecule has 2 N–H and O–H groups in total. The molecule has 6 nitrogen and oxygen atoms in total. The Bertz CT molecular complexity index is 515. The summed E-state index contributed by atoms with van der Waals surface area (Å²) in [5.41, 5.74) is 1.37. The van der Waals surface area contributed by atoms with Crippen molar-refractivity contribution in [3.05, 3.63) is 36.7 Å². The van der Waals surface area contributed by atoms with E-state index >= 15 is 0 Å². The molecule has 0 unspecified atom stereocenters. The molecule has 1 aromatic heterocycles. The van der Waals surface area contributed by atoms with E-state index in [4.69, 9.17) is 0 Å². The second-order valence-corrected chi connectivity index (χ2v) is 3.46. The van der Waals surface area contributed by atoms with E-state index in [1.807, 2.05) is 30.3 Å². The van der Waals surface area contributed by atoms with Gasteiger partial charge in [-0.1, -0.05) is 18.2 Å². The first-order chi connectivity index (χ1) is 8.85. The third kappa shape index (κ3) is 2.60. The molecule has 0 saturated heterocycles. The SMILES string of the molecule is CNc1ncnc(NC)c1/N=N/c1ccccc1. The predicted octanol–water partition coefficient (Wildman–Crippen LogP) is 2.98. The van der Waals surface area contributed by atoms with Gasteiger partial charge >= 0.3 is 0 Å². The van der Waals surface area contributed by atoms with E-state index in [-0.39, 0.29) is 0 Å². The Morgan fingerprint density at radius 1 is 0.889 bits per heavy atom. The Kier molecular flexibility index (Phi) is 3.80. The highest BCUT2D eigenvalue weighted by molar-refractivity contribution is 5.72. The summed E-state index contributed by atoms with van der Waals surface area (Å²) in [6, 6.07) is 9.51. The first-order valence-electron chi connectivity index (χ1n) is 5.52. The predicted molar refractivity (Wildman–Crippen MR) is 71.7 cm³/mol. The normalized spacial score (nSPS) is 10.6. The molecule has 0 atom stereocenters. The van der Waals surface area contributed by atoms with Crippen LogP contribution in [0.5, 0.6) is 0 Å². The zero-order valence-corrected chi connectivity index (χ0v) is 10.3. The maximum Gasteiger partial charge on any atom is 0.170 e. The van der Waals surface area contributed by atoms with Crippen molar-refractivity contribution in [3.63, 3.8) is 0 Å². The van der Waals surface area contributed by atoms with Gasteiger partial charge in [-0.15, -0.1) is 5.11 Å². The summed E-state index contributed by atoms with van der Waals surface area (Å²) in [4.78, 5) is 8.20. The van der Waals surface area contributed by atoms with E-state index in [9.17, 15) is 0 Å². The van der Waals surface area contributed by atoms with Crippen molar-refractivity contribution < 1.29 is 0 Å². The summed E-state index contributed by atoms with van der Waals surface area (Å²) in [5.74, 6) is 1.27. The van der Waals surface area contributed by atoms with Gasteiger partial charge in [-0.25, -0.2) is 9.97 Å². The lowest BCUT2D eigenvalue weighted by atomic mass is 10.3. The molecule has 0 aliphatic heterocycles. The quantitative estimate of drug-likeness (QED) is 0.808. The maximum atomic E-state index is 4.19. The number of hydrogen-bond donors (Lipinski definition) is 2. The molecule has 0 bridgehead atoms. The summed E-state index contributed by atoms with van der Waals surface area (Å²) < 4.78 is 0. The fraction of sp³-hybridized carbons (Fsp3) is 0.167. The van der Waals surface area contributed by atoms with Gasteiger partial charge in [-0.2, -0.15) is 5.11 Å². The largest absolute Gasteiger partial charge is 0.371 e. The number of benzene rings is 1. The van der Waals surface area contributed by atoms with Crippen molar-refractivity contribution in [1.29, 1.82) is 0 Å². The van der Waals surface area contributed by atoms with Gasteiger partial charge in [0, 0.05) is 14.1 Å². The van der Waals surface area contributed by atoms with E-state index in [1.165, 1.54) is 6.33 Å². The van der Waals surface area contributed by atoms with Crippen molar-refractivity contribution in [1.82, 2.24) is 9.97 Å². The van der Waals surface area contributed by atoms with Crippen LogP contribution in [-0.4, -0.2) is 24.1 Å². The van der Waals surface area contributed by atoms with Crippen LogP contribution in [0.15, 0.2) is 46.9 Å². The fourth-order valence-corrected chi connectivity index (χ4v) is 1.44. The van der Waals surface area contributed by atoms with Crippen LogP contribution < -0.4 is 10.6 Å². The van der Waals surface area contributed by atoms with Gasteiger partial charge in [0.2, 0.25) is 0 Å². The Labute approximate surface area is 105 Å². The van der Waals surface area contributed by atoms with Gasteiger partial charge in [0.15, 0.2) is 17.3 Å². The molecular formula is C12H14N6. The monoisotopic (exact) mass is 242 g/mol. The van der Waals surface area contributed by atoms with Crippen LogP contribution in [0.2, 0.25) is 0 Å². The first kappa shape index (κ1) is 12.0. The van der Waals surface area contributed by atoms with E-state index < -0.39 is 0 Å². The lowest BCUT2D eigenvalue weighted by molar-refractivity contribution is 1.11. The Morgan fingerprint density at radius 3 is 2.06 bits per heavy atom. The van der Waals surface area contributed by atoms with Crippen LogP contribution in [0.4, 0.5) is 23.0 Å². The van der Waals surface area contributed by atoms with Crippen LogP contribution in [0.25, 0.3) is 0 Å². The van der Waals surface area contributed by atoms with E-state index in [0.717, 1.165) is 5.69 Å². The number of anilines is 2. The van der Waals surface area contributed by atoms with Crippen LogP contribution in [0.3, 0.4) is 0 Å². The van der Waals surface area contributed by atoms with Crippen molar-refractivity contribution in [2.24, 2.45) is 10.2 Å². The van der Waals surface area contributed by atoms with Crippen LogP contribution >= 0.6 is 0 Å². The maximum absolute atomic E-state index is 4.19. The van der Waals surface area contributed by atoms with Gasteiger partial charge in [0.1, 0.15) is 6.33 Å². The topological polar surface area (TPSA) is 74.6 Å². The van der Waals surface area contributed by atoms with Gasteiger partial charge in [-0.3, -0.25) is 0 Å². The van der Waals surface area contributed by atoms with Gasteiger partial charge in [-0.05, 0) is 12.1 Å². The van der Waals surface area contributed by atoms with Gasteiger partial charge < -0.3 is 10.6 Å². The molecule has 0 radical (unpaired) electrons. The highest BCUT2D eigenvalue weighted by Crippen LogP contribution is 2.30. The van der Waals surface area contributed by atoms with E-state index in [1.54, 1.807) is 14.1 Å². The average Bonchev–Trinajstić information content (AvgIpc) is 2.45. The van der Waals surface area contributed by atoms with E-state index in [0.29, 0.717) is 17.3 Å². The smallest absolute Gasteiger partial charge is 0.170 e. The standard InChI is InChI=1S/C12H14N6/c1-13-11-10(12(14-2)16-8-15-11)18-17-9-6-4-3-5-7-9/h3-8H,1-2H3,(H2,13,14,15,16)/b18-17+. The Hall–Kier alpha value is -2.50. The molecule has 92 valence electrons. The highest BCUT2D eigenvalue weighted by atomic mass is 15.2. The minimum absolute atomic E-state index is 0.589. The number of azo groups is 1. The third-order valence-electron chi connectivity index (χ3n) is 2.32. The summed E-state index contributed by atoms with van der Waals surface area (Å²) in [6.45, 7) is 0. The molecule has 0 amide bonds. The summed E-state index contributed by atoms with van der Waals surface area (Å²) >= 11 is 0. The highest BCUT2D eigenvalue weighted by Gasteiger charge is 2.08. The number of nitrogens with zero attached hydrogens (tertiary/aromatic N) is 4. The van der Waals surface area contributed by atoms with Gasteiger partial charge in [0.05, 0.1) is 5.69 Å². The van der Waals surface area contributed by atoms with Gasteiger partial charge in [0.25, 0.3) is 0 Å². The average molecular weight is 242 g/mol. The second kappa shape index (κ2) is 5.72. The molecular weight excluding hydrogens is 228 g/mol. The van der Waals surface area contributed by atoms with Crippen LogP contribution in [0.1, 0.15) is 0 Å². The minimum atomic E-state index is 0.589. The first-order valence-corrected chi connectivity index (χ1v) is 5.52. The van der Waals surface area contributed by atoms with Crippen molar-refractivity contribution in [2.75, 3.05) is 24.7 Å². The molecule has 0 aliphatic rings. The molecule has 6 heteroatoms. The van der Waals surface area contributed by atoms with Crippen LogP contribution in [0, 0.1) is 0 Å². The van der Waals surface area contributed by atoms with Crippen molar-refractivity contribution >= 4 is 23.0 Å². The van der Waals surface area contributed by atoms with E-state index in [2.05, 4.69) is 30.8 Å². The molecule has 18 heavy (non-hydrogen) atoms. The molecule has 1 aromatic carbocycles. The van der Waals surface area contributed by atoms with Crippen molar-refractivity contribution in [2.45, 2.75) is 0 Å². The Morgan fingerprint density at radius 2 is 1.50 bits per heavy atom. The molecule has 0 fully saturated rings. The van der Waals surface area contributed by atoms with Crippen molar-refractivity contribution in [3.8, 4) is 0 Å². The zero-order valence-electron chi connectivity index (χ0n) is 10.3. The Balaban J connectivity index is 2.36. The molecule has 0 aliphatic carbocycles. The van der Waals surface area contributed by atoms with Crippen LogP contribution in [-0.2, 0) is 0 Å². The number of nitrogens with one attached hydrogen (secondary N) is 2. The molecule has 0 saturated carbocycles. The lowest BCUT2D eigenvalue weighted by Crippen LogP contribution is -1.98. The molecule has 0 spiro atoms. The summed E-state index contributed by atoms with van der Waals surface area (Å²) in [6.07, 6.45) is 1.47. The second-order valence-electron chi connectivity index (χ2n) is 3.46. The number of rotatable bonds is 4. The number of hydrogen-bond acceptors (Lipinski definition) is 6. The fourth-order valence-electron chi connectivity index (χ4n) is 1.44. The zero-order chi connectivity index (χ0) is 12.8. The molecule has 1 heterocycles.